The van der Waals surface area contributed by atoms with Crippen molar-refractivity contribution >= 4 is 26.5 Å². The Labute approximate surface area is 105 Å². The molecule has 17 heavy (non-hydrogen) atoms. The second-order valence-corrected chi connectivity index (χ2v) is 6.48. The number of thiazole rings is 1. The predicted octanol–water partition coefficient (Wildman–Crippen LogP) is 1.12. The number of sulfonamides is 1. The maximum absolute atomic E-state index is 11.9. The van der Waals surface area contributed by atoms with Gasteiger partial charge in [-0.05, 0) is 19.8 Å². The zero-order valence-corrected chi connectivity index (χ0v) is 11.2. The quantitative estimate of drug-likeness (QED) is 0.600. The van der Waals surface area contributed by atoms with Crippen molar-refractivity contribution in [2.45, 2.75) is 30.4 Å². The van der Waals surface area contributed by atoms with Crippen LogP contribution in [0.5, 0.6) is 0 Å². The molecule has 0 saturated heterocycles. The Morgan fingerprint density at radius 3 is 2.76 bits per heavy atom. The Kier molecular flexibility index (Phi) is 4.93. The molecule has 0 atom stereocenters. The van der Waals surface area contributed by atoms with Crippen LogP contribution in [0.2, 0.25) is 0 Å². The second kappa shape index (κ2) is 6.00. The fourth-order valence-electron chi connectivity index (χ4n) is 1.28. The van der Waals surface area contributed by atoms with Gasteiger partial charge in [0.05, 0.1) is 5.69 Å². The molecule has 1 rings (SSSR count). The number of hydrogen-bond donors (Lipinski definition) is 2. The summed E-state index contributed by atoms with van der Waals surface area (Å²) in [6, 6.07) is 0. The Hall–Kier alpha value is -1.10. The van der Waals surface area contributed by atoms with Crippen molar-refractivity contribution in [2.24, 2.45) is 0 Å². The number of hydrogen-bond acceptors (Lipinski definition) is 5. The number of aryl methyl sites for hydroxylation is 1. The SMILES string of the molecule is C#CCCCCNS(=O)(=O)c1sc(N)nc1C. The minimum absolute atomic E-state index is 0.187. The molecule has 5 nitrogen and oxygen atoms in total. The Morgan fingerprint density at radius 1 is 1.53 bits per heavy atom. The van der Waals surface area contributed by atoms with Crippen LogP contribution < -0.4 is 10.5 Å². The highest BCUT2D eigenvalue weighted by molar-refractivity contribution is 7.91. The summed E-state index contributed by atoms with van der Waals surface area (Å²) in [6.07, 6.45) is 7.29. The van der Waals surface area contributed by atoms with Gasteiger partial charge in [-0.25, -0.2) is 18.1 Å². The largest absolute Gasteiger partial charge is 0.375 e. The summed E-state index contributed by atoms with van der Waals surface area (Å²) >= 11 is 0.973. The number of nitrogens with two attached hydrogens (primary N) is 1. The van der Waals surface area contributed by atoms with Gasteiger partial charge in [0.2, 0.25) is 0 Å². The molecule has 3 N–H and O–H groups in total. The number of unbranched alkanes of at least 4 members (excludes halogenated alkanes) is 2. The molecule has 1 heterocycles. The van der Waals surface area contributed by atoms with Crippen LogP contribution in [0.1, 0.15) is 25.0 Å². The van der Waals surface area contributed by atoms with Gasteiger partial charge < -0.3 is 5.73 Å². The number of nitrogens with zero attached hydrogens (tertiary/aromatic N) is 1. The van der Waals surface area contributed by atoms with Gasteiger partial charge in [0.25, 0.3) is 10.0 Å². The fraction of sp³-hybridized carbons (Fsp3) is 0.500. The topological polar surface area (TPSA) is 85.1 Å². The first-order valence-corrected chi connectivity index (χ1v) is 7.43. The van der Waals surface area contributed by atoms with Gasteiger partial charge in [0, 0.05) is 13.0 Å². The number of rotatable bonds is 6. The van der Waals surface area contributed by atoms with Gasteiger partial charge in [0.15, 0.2) is 9.34 Å². The Bertz CT molecular complexity index is 514. The summed E-state index contributed by atoms with van der Waals surface area (Å²) in [5.74, 6) is 2.51. The molecule has 0 bridgehead atoms. The minimum Gasteiger partial charge on any atom is -0.375 e. The van der Waals surface area contributed by atoms with E-state index >= 15 is 0 Å². The average molecular weight is 273 g/mol. The van der Waals surface area contributed by atoms with E-state index < -0.39 is 10.0 Å². The van der Waals surface area contributed by atoms with Crippen LogP contribution >= 0.6 is 11.3 Å². The molecule has 0 aliphatic heterocycles. The van der Waals surface area contributed by atoms with Crippen molar-refractivity contribution in [2.75, 3.05) is 12.3 Å². The molecule has 0 aliphatic carbocycles. The lowest BCUT2D eigenvalue weighted by Crippen LogP contribution is -2.24. The van der Waals surface area contributed by atoms with Crippen LogP contribution in [-0.2, 0) is 10.0 Å². The van der Waals surface area contributed by atoms with Crippen molar-refractivity contribution in [1.29, 1.82) is 0 Å². The highest BCUT2D eigenvalue weighted by atomic mass is 32.2. The van der Waals surface area contributed by atoms with Crippen LogP contribution in [0, 0.1) is 19.3 Å². The maximum atomic E-state index is 11.9. The average Bonchev–Trinajstić information content (AvgIpc) is 2.58. The van der Waals surface area contributed by atoms with Gasteiger partial charge in [-0.1, -0.05) is 11.3 Å². The van der Waals surface area contributed by atoms with Crippen LogP contribution in [-0.4, -0.2) is 19.9 Å². The summed E-state index contributed by atoms with van der Waals surface area (Å²) in [5, 5.41) is 0.259. The van der Waals surface area contributed by atoms with Crippen molar-refractivity contribution in [3.05, 3.63) is 5.69 Å². The van der Waals surface area contributed by atoms with E-state index in [9.17, 15) is 8.42 Å². The maximum Gasteiger partial charge on any atom is 0.252 e. The van der Waals surface area contributed by atoms with Gasteiger partial charge in [-0.3, -0.25) is 0 Å². The molecular formula is C10H15N3O2S2. The number of terminal acetylenes is 1. The van der Waals surface area contributed by atoms with Crippen LogP contribution in [0.25, 0.3) is 0 Å². The van der Waals surface area contributed by atoms with Crippen LogP contribution in [0.15, 0.2) is 4.21 Å². The molecule has 0 radical (unpaired) electrons. The number of aromatic nitrogens is 1. The zero-order chi connectivity index (χ0) is 12.9. The highest BCUT2D eigenvalue weighted by Crippen LogP contribution is 2.24. The monoisotopic (exact) mass is 273 g/mol. The third-order valence-corrected chi connectivity index (χ3v) is 5.11. The molecule has 0 spiro atoms. The van der Waals surface area contributed by atoms with E-state index in [1.54, 1.807) is 6.92 Å². The normalized spacial score (nSPS) is 11.3. The predicted molar refractivity (Wildman–Crippen MR) is 69.1 cm³/mol. The smallest absolute Gasteiger partial charge is 0.252 e. The van der Waals surface area contributed by atoms with Gasteiger partial charge >= 0.3 is 0 Å². The molecule has 0 fully saturated rings. The molecule has 94 valence electrons. The molecule has 0 aliphatic rings. The van der Waals surface area contributed by atoms with Crippen molar-refractivity contribution in [3.8, 4) is 12.3 Å². The highest BCUT2D eigenvalue weighted by Gasteiger charge is 2.20. The van der Waals surface area contributed by atoms with E-state index in [0.29, 0.717) is 18.7 Å². The van der Waals surface area contributed by atoms with E-state index in [-0.39, 0.29) is 9.34 Å². The first-order chi connectivity index (χ1) is 7.97. The number of nitrogens with one attached hydrogen (secondary N) is 1. The molecule has 0 saturated carbocycles. The van der Waals surface area contributed by atoms with Crippen molar-refractivity contribution in [1.82, 2.24) is 9.71 Å². The summed E-state index contributed by atoms with van der Waals surface area (Å²) in [6.45, 7) is 2.00. The van der Waals surface area contributed by atoms with Gasteiger partial charge in [0.1, 0.15) is 0 Å². The van der Waals surface area contributed by atoms with E-state index in [4.69, 9.17) is 12.2 Å². The third-order valence-electron chi connectivity index (χ3n) is 2.05. The summed E-state index contributed by atoms with van der Waals surface area (Å²) in [7, 11) is -3.48. The summed E-state index contributed by atoms with van der Waals surface area (Å²) in [4.78, 5) is 3.89. The molecule has 0 aromatic carbocycles. The fourth-order valence-corrected chi connectivity index (χ4v) is 3.69. The van der Waals surface area contributed by atoms with E-state index in [1.807, 2.05) is 0 Å². The van der Waals surface area contributed by atoms with Crippen molar-refractivity contribution in [3.63, 3.8) is 0 Å². The standard InChI is InChI=1S/C10H15N3O2S2/c1-3-4-5-6-7-12-17(14,15)9-8(2)13-10(11)16-9/h1,12H,4-7H2,2H3,(H2,11,13). The number of nitrogen functional groups attached to an aromatic ring is 1. The van der Waals surface area contributed by atoms with Crippen LogP contribution in [0.3, 0.4) is 0 Å². The lowest BCUT2D eigenvalue weighted by Gasteiger charge is -2.04. The number of anilines is 1. The van der Waals surface area contributed by atoms with E-state index in [1.165, 1.54) is 0 Å². The Balaban J connectivity index is 2.58. The van der Waals surface area contributed by atoms with E-state index in [0.717, 1.165) is 24.2 Å². The molecule has 1 aromatic rings. The lowest BCUT2D eigenvalue weighted by atomic mass is 10.2. The molecule has 7 heteroatoms. The third kappa shape index (κ3) is 4.00. The summed E-state index contributed by atoms with van der Waals surface area (Å²) in [5.41, 5.74) is 5.90. The molecule has 0 unspecified atom stereocenters. The summed E-state index contributed by atoms with van der Waals surface area (Å²) < 4.78 is 26.4. The van der Waals surface area contributed by atoms with E-state index in [2.05, 4.69) is 15.6 Å². The van der Waals surface area contributed by atoms with Gasteiger partial charge in [-0.2, -0.15) is 0 Å². The van der Waals surface area contributed by atoms with Crippen LogP contribution in [0.4, 0.5) is 5.13 Å². The Morgan fingerprint density at radius 2 is 2.24 bits per heavy atom. The first kappa shape index (κ1) is 14.0. The first-order valence-electron chi connectivity index (χ1n) is 5.13. The molecule has 0 amide bonds. The van der Waals surface area contributed by atoms with Crippen molar-refractivity contribution < 1.29 is 8.42 Å². The lowest BCUT2D eigenvalue weighted by molar-refractivity contribution is 0.578. The molecule has 1 aromatic heterocycles. The molecular weight excluding hydrogens is 258 g/mol. The van der Waals surface area contributed by atoms with Gasteiger partial charge in [-0.15, -0.1) is 12.3 Å². The minimum atomic E-state index is -3.48. The zero-order valence-electron chi connectivity index (χ0n) is 9.56. The second-order valence-electron chi connectivity index (χ2n) is 3.48.